The summed E-state index contributed by atoms with van der Waals surface area (Å²) in [5.41, 5.74) is -0.0876. The molecule has 0 atom stereocenters. The van der Waals surface area contributed by atoms with Crippen LogP contribution in [-0.2, 0) is 9.59 Å². The monoisotopic (exact) mass is 237 g/mol. The highest BCUT2D eigenvalue weighted by molar-refractivity contribution is 6.06. The summed E-state index contributed by atoms with van der Waals surface area (Å²) >= 11 is 0. The number of amides is 2. The zero-order valence-electron chi connectivity index (χ0n) is 9.31. The number of carbonyl (C=O) groups is 3. The lowest BCUT2D eigenvalue weighted by Crippen LogP contribution is -2.28. The highest BCUT2D eigenvalue weighted by atomic mass is 16.5. The second kappa shape index (κ2) is 5.11. The molecule has 0 bridgehead atoms. The molecular formula is C11H11NO5. The van der Waals surface area contributed by atoms with Gasteiger partial charge in [-0.15, -0.1) is 0 Å². The van der Waals surface area contributed by atoms with E-state index >= 15 is 0 Å². The molecule has 0 fully saturated rings. The number of phenolic OH excluding ortho intramolecular Hbond substituents is 1. The molecular weight excluding hydrogens is 226 g/mol. The first-order chi connectivity index (χ1) is 7.90. The van der Waals surface area contributed by atoms with Crippen molar-refractivity contribution in [1.82, 2.24) is 5.32 Å². The van der Waals surface area contributed by atoms with E-state index in [0.717, 1.165) is 6.07 Å². The van der Waals surface area contributed by atoms with Crippen LogP contribution in [0.5, 0.6) is 11.5 Å². The van der Waals surface area contributed by atoms with Gasteiger partial charge in [0.2, 0.25) is 5.91 Å². The molecule has 1 aromatic rings. The lowest BCUT2D eigenvalue weighted by molar-refractivity contribution is -0.131. The van der Waals surface area contributed by atoms with Gasteiger partial charge in [-0.05, 0) is 18.2 Å². The molecule has 17 heavy (non-hydrogen) atoms. The van der Waals surface area contributed by atoms with Gasteiger partial charge >= 0.3 is 5.97 Å². The number of ether oxygens (including phenoxy) is 1. The van der Waals surface area contributed by atoms with E-state index in [1.54, 1.807) is 0 Å². The van der Waals surface area contributed by atoms with Gasteiger partial charge in [-0.3, -0.25) is 19.7 Å². The second-order valence-corrected chi connectivity index (χ2v) is 3.28. The Balaban J connectivity index is 3.10. The SMILES string of the molecule is CC(=O)NC(=O)c1cc(O)ccc1OC(C)=O. The molecule has 0 heterocycles. The molecule has 2 amide bonds. The minimum absolute atomic E-state index is 0.0194. The fourth-order valence-electron chi connectivity index (χ4n) is 1.17. The number of carbonyl (C=O) groups excluding carboxylic acids is 3. The number of hydrogen-bond acceptors (Lipinski definition) is 5. The molecule has 0 aliphatic carbocycles. The van der Waals surface area contributed by atoms with Gasteiger partial charge in [0, 0.05) is 13.8 Å². The van der Waals surface area contributed by atoms with E-state index in [4.69, 9.17) is 4.74 Å². The van der Waals surface area contributed by atoms with Crippen molar-refractivity contribution in [2.45, 2.75) is 13.8 Å². The van der Waals surface area contributed by atoms with Crippen LogP contribution in [0, 0.1) is 0 Å². The maximum atomic E-state index is 11.6. The third-order valence-electron chi connectivity index (χ3n) is 1.75. The van der Waals surface area contributed by atoms with E-state index in [0.29, 0.717) is 0 Å². The molecule has 0 aliphatic heterocycles. The lowest BCUT2D eigenvalue weighted by atomic mass is 10.1. The average molecular weight is 237 g/mol. The summed E-state index contributed by atoms with van der Waals surface area (Å²) in [7, 11) is 0. The highest BCUT2D eigenvalue weighted by Gasteiger charge is 2.15. The van der Waals surface area contributed by atoms with Crippen LogP contribution < -0.4 is 10.1 Å². The number of phenols is 1. The van der Waals surface area contributed by atoms with Crippen LogP contribution in [0.2, 0.25) is 0 Å². The number of aromatic hydroxyl groups is 1. The Morgan fingerprint density at radius 1 is 1.24 bits per heavy atom. The molecule has 6 heteroatoms. The molecule has 0 radical (unpaired) electrons. The van der Waals surface area contributed by atoms with E-state index < -0.39 is 17.8 Å². The van der Waals surface area contributed by atoms with Crippen LogP contribution in [0.15, 0.2) is 18.2 Å². The molecule has 2 N–H and O–H groups in total. The Morgan fingerprint density at radius 2 is 1.88 bits per heavy atom. The maximum Gasteiger partial charge on any atom is 0.308 e. The van der Waals surface area contributed by atoms with Gasteiger partial charge in [0.25, 0.3) is 5.91 Å². The molecule has 1 aromatic carbocycles. The summed E-state index contributed by atoms with van der Waals surface area (Å²) in [6.45, 7) is 2.35. The Labute approximate surface area is 97.2 Å². The zero-order valence-corrected chi connectivity index (χ0v) is 9.31. The van der Waals surface area contributed by atoms with Crippen molar-refractivity contribution in [3.63, 3.8) is 0 Å². The summed E-state index contributed by atoms with van der Waals surface area (Å²) in [4.78, 5) is 33.1. The van der Waals surface area contributed by atoms with Crippen LogP contribution in [0.4, 0.5) is 0 Å². The second-order valence-electron chi connectivity index (χ2n) is 3.28. The van der Waals surface area contributed by atoms with Crippen molar-refractivity contribution in [1.29, 1.82) is 0 Å². The van der Waals surface area contributed by atoms with Crippen molar-refractivity contribution in [2.75, 3.05) is 0 Å². The lowest BCUT2D eigenvalue weighted by Gasteiger charge is -2.08. The van der Waals surface area contributed by atoms with Gasteiger partial charge in [-0.1, -0.05) is 0 Å². The summed E-state index contributed by atoms with van der Waals surface area (Å²) in [5, 5.41) is 11.3. The quantitative estimate of drug-likeness (QED) is 0.580. The number of esters is 1. The van der Waals surface area contributed by atoms with Crippen LogP contribution in [0.1, 0.15) is 24.2 Å². The molecule has 6 nitrogen and oxygen atoms in total. The molecule has 0 aromatic heterocycles. The van der Waals surface area contributed by atoms with Crippen LogP contribution >= 0.6 is 0 Å². The fourth-order valence-corrected chi connectivity index (χ4v) is 1.17. The van der Waals surface area contributed by atoms with Gasteiger partial charge < -0.3 is 9.84 Å². The average Bonchev–Trinajstić information content (AvgIpc) is 2.19. The summed E-state index contributed by atoms with van der Waals surface area (Å²) in [6, 6.07) is 3.64. The van der Waals surface area contributed by atoms with Crippen LogP contribution in [0.25, 0.3) is 0 Å². The third-order valence-corrected chi connectivity index (χ3v) is 1.75. The summed E-state index contributed by atoms with van der Waals surface area (Å²) in [5.74, 6) is -2.09. The number of hydrogen-bond donors (Lipinski definition) is 2. The first-order valence-electron chi connectivity index (χ1n) is 4.73. The van der Waals surface area contributed by atoms with Gasteiger partial charge in [-0.25, -0.2) is 0 Å². The summed E-state index contributed by atoms with van der Waals surface area (Å²) in [6.07, 6.45) is 0. The Hall–Kier alpha value is -2.37. The Morgan fingerprint density at radius 3 is 2.41 bits per heavy atom. The number of rotatable bonds is 2. The minimum Gasteiger partial charge on any atom is -0.508 e. The van der Waals surface area contributed by atoms with Crippen molar-refractivity contribution >= 4 is 17.8 Å². The molecule has 0 saturated carbocycles. The highest BCUT2D eigenvalue weighted by Crippen LogP contribution is 2.23. The topological polar surface area (TPSA) is 92.7 Å². The fraction of sp³-hybridized carbons (Fsp3) is 0.182. The van der Waals surface area contributed by atoms with Gasteiger partial charge in [0.1, 0.15) is 11.5 Å². The molecule has 1 rings (SSSR count). The normalized spacial score (nSPS) is 9.53. The van der Waals surface area contributed by atoms with Gasteiger partial charge in [0.05, 0.1) is 5.56 Å². The minimum atomic E-state index is -0.746. The van der Waals surface area contributed by atoms with Crippen LogP contribution in [-0.4, -0.2) is 22.9 Å². The molecule has 0 aliphatic rings. The van der Waals surface area contributed by atoms with Gasteiger partial charge in [0.15, 0.2) is 0 Å². The van der Waals surface area contributed by atoms with E-state index in [9.17, 15) is 19.5 Å². The van der Waals surface area contributed by atoms with E-state index in [-0.39, 0.29) is 17.1 Å². The van der Waals surface area contributed by atoms with E-state index in [2.05, 4.69) is 0 Å². The zero-order chi connectivity index (χ0) is 13.0. The van der Waals surface area contributed by atoms with Crippen molar-refractivity contribution < 1.29 is 24.2 Å². The molecule has 0 unspecified atom stereocenters. The summed E-state index contributed by atoms with van der Waals surface area (Å²) < 4.78 is 4.78. The van der Waals surface area contributed by atoms with Crippen molar-refractivity contribution in [3.8, 4) is 11.5 Å². The van der Waals surface area contributed by atoms with Crippen molar-refractivity contribution in [3.05, 3.63) is 23.8 Å². The molecule has 0 spiro atoms. The van der Waals surface area contributed by atoms with E-state index in [1.807, 2.05) is 5.32 Å². The first-order valence-corrected chi connectivity index (χ1v) is 4.73. The Bertz CT molecular complexity index is 481. The molecule has 0 saturated heterocycles. The molecule has 90 valence electrons. The van der Waals surface area contributed by atoms with Crippen LogP contribution in [0.3, 0.4) is 0 Å². The van der Waals surface area contributed by atoms with E-state index in [1.165, 1.54) is 26.0 Å². The number of nitrogens with one attached hydrogen (secondary N) is 1. The first kappa shape index (κ1) is 12.7. The van der Waals surface area contributed by atoms with Crippen molar-refractivity contribution in [2.24, 2.45) is 0 Å². The maximum absolute atomic E-state index is 11.6. The Kier molecular flexibility index (Phi) is 3.82. The smallest absolute Gasteiger partial charge is 0.308 e. The standard InChI is InChI=1S/C11H11NO5/c1-6(13)12-11(16)9-5-8(15)3-4-10(9)17-7(2)14/h3-5,15H,1-2H3,(H,12,13,16). The number of imide groups is 1. The predicted octanol–water partition coefficient (Wildman–Crippen LogP) is 0.594. The third kappa shape index (κ3) is 3.60. The van der Waals surface area contributed by atoms with Gasteiger partial charge in [-0.2, -0.15) is 0 Å². The predicted molar refractivity (Wildman–Crippen MR) is 57.6 cm³/mol. The number of benzene rings is 1. The largest absolute Gasteiger partial charge is 0.508 e.